The van der Waals surface area contributed by atoms with Crippen LogP contribution in [0.3, 0.4) is 0 Å². The molecule has 2 heterocycles. The lowest BCUT2D eigenvalue weighted by atomic mass is 10.3. The first-order chi connectivity index (χ1) is 10.2. The Hall–Kier alpha value is -1.93. The highest BCUT2D eigenvalue weighted by atomic mass is 16.5. The highest BCUT2D eigenvalue weighted by molar-refractivity contribution is 5.84. The zero-order valence-corrected chi connectivity index (χ0v) is 12.6. The second-order valence-corrected chi connectivity index (χ2v) is 4.89. The molecule has 2 aromatic heterocycles. The number of methoxy groups -OCH3 is 1. The molecule has 1 atom stereocenters. The van der Waals surface area contributed by atoms with E-state index in [0.29, 0.717) is 24.0 Å². The van der Waals surface area contributed by atoms with E-state index in [9.17, 15) is 5.11 Å². The number of ether oxygens (including phenoxy) is 1. The third-order valence-corrected chi connectivity index (χ3v) is 3.00. The SMILES string of the molecule is CCCNc1nc(N(C)CC(O)COC)c2[nH]cnc2n1. The van der Waals surface area contributed by atoms with E-state index in [1.807, 2.05) is 11.9 Å². The maximum atomic E-state index is 9.86. The summed E-state index contributed by atoms with van der Waals surface area (Å²) in [6, 6.07) is 0. The van der Waals surface area contributed by atoms with Gasteiger partial charge < -0.3 is 25.0 Å². The van der Waals surface area contributed by atoms with Crippen LogP contribution in [0.1, 0.15) is 13.3 Å². The topological polar surface area (TPSA) is 99.2 Å². The van der Waals surface area contributed by atoms with Gasteiger partial charge in [0, 0.05) is 27.2 Å². The van der Waals surface area contributed by atoms with Crippen LogP contribution in [0, 0.1) is 0 Å². The fraction of sp³-hybridized carbons (Fsp3) is 0.615. The van der Waals surface area contributed by atoms with Crippen LogP contribution in [0.25, 0.3) is 11.2 Å². The largest absolute Gasteiger partial charge is 0.389 e. The third kappa shape index (κ3) is 3.79. The standard InChI is InChI=1S/C13H22N6O2/c1-4-5-14-13-17-11-10(15-8-16-11)12(18-13)19(2)6-9(20)7-21-3/h8-9,20H,4-7H2,1-3H3,(H2,14,15,16,17,18). The maximum absolute atomic E-state index is 9.86. The molecule has 21 heavy (non-hydrogen) atoms. The molecular formula is C13H22N6O2. The number of nitrogens with one attached hydrogen (secondary N) is 2. The van der Waals surface area contributed by atoms with Crippen molar-refractivity contribution < 1.29 is 9.84 Å². The van der Waals surface area contributed by atoms with Gasteiger partial charge >= 0.3 is 0 Å². The van der Waals surface area contributed by atoms with Crippen molar-refractivity contribution in [3.05, 3.63) is 6.33 Å². The van der Waals surface area contributed by atoms with Crippen molar-refractivity contribution in [3.63, 3.8) is 0 Å². The summed E-state index contributed by atoms with van der Waals surface area (Å²) < 4.78 is 4.95. The van der Waals surface area contributed by atoms with Gasteiger partial charge in [0.25, 0.3) is 0 Å². The molecule has 116 valence electrons. The Morgan fingerprint density at radius 1 is 1.48 bits per heavy atom. The van der Waals surface area contributed by atoms with Crippen LogP contribution in [-0.4, -0.2) is 65.0 Å². The van der Waals surface area contributed by atoms with E-state index >= 15 is 0 Å². The Kier molecular flexibility index (Phi) is 5.29. The van der Waals surface area contributed by atoms with Crippen molar-refractivity contribution in [3.8, 4) is 0 Å². The average Bonchev–Trinajstić information content (AvgIpc) is 2.92. The van der Waals surface area contributed by atoms with Crippen LogP contribution in [0.4, 0.5) is 11.8 Å². The van der Waals surface area contributed by atoms with Gasteiger partial charge in [-0.2, -0.15) is 9.97 Å². The molecular weight excluding hydrogens is 272 g/mol. The normalized spacial score (nSPS) is 12.6. The van der Waals surface area contributed by atoms with Crippen molar-refractivity contribution in [1.29, 1.82) is 0 Å². The molecule has 0 fully saturated rings. The van der Waals surface area contributed by atoms with Gasteiger partial charge in [0.05, 0.1) is 19.0 Å². The number of aliphatic hydroxyl groups excluding tert-OH is 1. The zero-order valence-electron chi connectivity index (χ0n) is 12.6. The number of hydrogen-bond acceptors (Lipinski definition) is 7. The smallest absolute Gasteiger partial charge is 0.226 e. The lowest BCUT2D eigenvalue weighted by Gasteiger charge is -2.22. The van der Waals surface area contributed by atoms with E-state index in [0.717, 1.165) is 18.5 Å². The number of aromatic amines is 1. The molecule has 8 heteroatoms. The van der Waals surface area contributed by atoms with Gasteiger partial charge in [-0.15, -0.1) is 0 Å². The van der Waals surface area contributed by atoms with E-state index in [1.165, 1.54) is 0 Å². The number of likely N-dealkylation sites (N-methyl/N-ethyl adjacent to an activating group) is 1. The van der Waals surface area contributed by atoms with Gasteiger partial charge in [-0.1, -0.05) is 6.92 Å². The summed E-state index contributed by atoms with van der Waals surface area (Å²) >= 11 is 0. The summed E-state index contributed by atoms with van der Waals surface area (Å²) in [5.41, 5.74) is 1.36. The number of aliphatic hydroxyl groups is 1. The molecule has 0 radical (unpaired) electrons. The van der Waals surface area contributed by atoms with Crippen LogP contribution < -0.4 is 10.2 Å². The first kappa shape index (κ1) is 15.5. The van der Waals surface area contributed by atoms with E-state index in [1.54, 1.807) is 13.4 Å². The number of aromatic nitrogens is 4. The monoisotopic (exact) mass is 294 g/mol. The predicted octanol–water partition coefficient (Wildman–Crippen LogP) is 0.618. The van der Waals surface area contributed by atoms with Crippen molar-refractivity contribution >= 4 is 22.9 Å². The fourth-order valence-corrected chi connectivity index (χ4v) is 2.06. The number of nitrogens with zero attached hydrogens (tertiary/aromatic N) is 4. The van der Waals surface area contributed by atoms with Crippen molar-refractivity contribution in [2.24, 2.45) is 0 Å². The number of H-pyrrole nitrogens is 1. The summed E-state index contributed by atoms with van der Waals surface area (Å²) in [5.74, 6) is 1.24. The van der Waals surface area contributed by atoms with E-state index < -0.39 is 6.10 Å². The lowest BCUT2D eigenvalue weighted by molar-refractivity contribution is 0.0694. The number of hydrogen-bond donors (Lipinski definition) is 3. The molecule has 2 aromatic rings. The average molecular weight is 294 g/mol. The quantitative estimate of drug-likeness (QED) is 0.656. The second kappa shape index (κ2) is 7.19. The highest BCUT2D eigenvalue weighted by Crippen LogP contribution is 2.21. The molecule has 0 aliphatic heterocycles. The molecule has 0 aliphatic rings. The minimum absolute atomic E-state index is 0.280. The molecule has 0 saturated heterocycles. The lowest BCUT2D eigenvalue weighted by Crippen LogP contribution is -2.32. The van der Waals surface area contributed by atoms with Crippen molar-refractivity contribution in [2.45, 2.75) is 19.4 Å². The summed E-state index contributed by atoms with van der Waals surface area (Å²) in [4.78, 5) is 17.9. The Bertz CT molecular complexity index is 573. The summed E-state index contributed by atoms with van der Waals surface area (Å²) in [6.07, 6.45) is 1.99. The first-order valence-corrected chi connectivity index (χ1v) is 6.98. The van der Waals surface area contributed by atoms with Crippen LogP contribution in [0.2, 0.25) is 0 Å². The summed E-state index contributed by atoms with van der Waals surface area (Å²) in [6.45, 7) is 3.56. The second-order valence-electron chi connectivity index (χ2n) is 4.89. The molecule has 0 saturated carbocycles. The molecule has 3 N–H and O–H groups in total. The highest BCUT2D eigenvalue weighted by Gasteiger charge is 2.16. The molecule has 0 bridgehead atoms. The van der Waals surface area contributed by atoms with Crippen LogP contribution in [0.5, 0.6) is 0 Å². The molecule has 0 aromatic carbocycles. The van der Waals surface area contributed by atoms with Gasteiger partial charge in [0.15, 0.2) is 11.5 Å². The number of fused-ring (bicyclic) bond motifs is 1. The molecule has 0 amide bonds. The van der Waals surface area contributed by atoms with Crippen LogP contribution >= 0.6 is 0 Å². The van der Waals surface area contributed by atoms with Gasteiger partial charge in [-0.05, 0) is 6.42 Å². The van der Waals surface area contributed by atoms with Crippen LogP contribution in [-0.2, 0) is 4.74 Å². The zero-order chi connectivity index (χ0) is 15.2. The Balaban J connectivity index is 2.25. The van der Waals surface area contributed by atoms with Crippen molar-refractivity contribution in [2.75, 3.05) is 44.1 Å². The number of anilines is 2. The Morgan fingerprint density at radius 2 is 2.29 bits per heavy atom. The van der Waals surface area contributed by atoms with Crippen LogP contribution in [0.15, 0.2) is 6.33 Å². The summed E-state index contributed by atoms with van der Waals surface area (Å²) in [5, 5.41) is 13.0. The first-order valence-electron chi connectivity index (χ1n) is 6.98. The molecule has 0 spiro atoms. The molecule has 0 aliphatic carbocycles. The molecule has 2 rings (SSSR count). The van der Waals surface area contributed by atoms with Gasteiger partial charge in [-0.3, -0.25) is 0 Å². The van der Waals surface area contributed by atoms with Gasteiger partial charge in [0.1, 0.15) is 5.52 Å². The minimum Gasteiger partial charge on any atom is -0.389 e. The van der Waals surface area contributed by atoms with E-state index in [4.69, 9.17) is 4.74 Å². The molecule has 8 nitrogen and oxygen atoms in total. The summed E-state index contributed by atoms with van der Waals surface area (Å²) in [7, 11) is 3.43. The molecule has 1 unspecified atom stereocenters. The Labute approximate surface area is 123 Å². The maximum Gasteiger partial charge on any atom is 0.226 e. The van der Waals surface area contributed by atoms with Gasteiger partial charge in [0.2, 0.25) is 5.95 Å². The number of imidazole rings is 1. The minimum atomic E-state index is -0.583. The van der Waals surface area contributed by atoms with Gasteiger partial charge in [-0.25, -0.2) is 4.98 Å². The van der Waals surface area contributed by atoms with E-state index in [2.05, 4.69) is 32.2 Å². The van der Waals surface area contributed by atoms with Crippen molar-refractivity contribution in [1.82, 2.24) is 19.9 Å². The fourth-order valence-electron chi connectivity index (χ4n) is 2.06. The number of rotatable bonds is 8. The predicted molar refractivity (Wildman–Crippen MR) is 81.6 cm³/mol. The van der Waals surface area contributed by atoms with E-state index in [-0.39, 0.29) is 6.61 Å². The third-order valence-electron chi connectivity index (χ3n) is 3.00. The Morgan fingerprint density at radius 3 is 3.00 bits per heavy atom.